The van der Waals surface area contributed by atoms with Gasteiger partial charge in [-0.3, -0.25) is 4.79 Å². The van der Waals surface area contributed by atoms with Crippen LogP contribution in [-0.2, 0) is 0 Å². The molecule has 1 saturated carbocycles. The Labute approximate surface area is 166 Å². The summed E-state index contributed by atoms with van der Waals surface area (Å²) in [5.74, 6) is 0.537. The molecule has 9 heteroatoms. The van der Waals surface area contributed by atoms with Gasteiger partial charge in [0.15, 0.2) is 17.2 Å². The first-order valence-corrected chi connectivity index (χ1v) is 9.40. The predicted molar refractivity (Wildman–Crippen MR) is 106 cm³/mol. The van der Waals surface area contributed by atoms with Crippen molar-refractivity contribution in [3.8, 4) is 22.8 Å². The number of aromatic nitrogens is 5. The fraction of sp³-hybridized carbons (Fsp3) is 0.250. The Morgan fingerprint density at radius 3 is 2.90 bits per heavy atom. The highest BCUT2D eigenvalue weighted by Gasteiger charge is 2.25. The van der Waals surface area contributed by atoms with E-state index in [2.05, 4.69) is 25.3 Å². The largest absolute Gasteiger partial charge is 0.443 e. The van der Waals surface area contributed by atoms with Crippen molar-refractivity contribution in [2.75, 3.05) is 12.3 Å². The van der Waals surface area contributed by atoms with Crippen LogP contribution in [0.25, 0.3) is 28.5 Å². The summed E-state index contributed by atoms with van der Waals surface area (Å²) in [5, 5.41) is 2.89. The molecule has 0 aromatic carbocycles. The van der Waals surface area contributed by atoms with Gasteiger partial charge in [-0.25, -0.2) is 19.9 Å². The zero-order valence-corrected chi connectivity index (χ0v) is 15.8. The van der Waals surface area contributed by atoms with Crippen LogP contribution in [0.5, 0.6) is 0 Å². The van der Waals surface area contributed by atoms with Crippen LogP contribution in [0.2, 0.25) is 0 Å². The third kappa shape index (κ3) is 3.20. The fourth-order valence-electron chi connectivity index (χ4n) is 3.19. The molecule has 29 heavy (non-hydrogen) atoms. The average molecular weight is 389 g/mol. The Balaban J connectivity index is 1.64. The number of carbonyl (C=O) groups excluding carboxylic acids is 1. The molecule has 146 valence electrons. The molecule has 1 aliphatic carbocycles. The molecule has 4 heterocycles. The van der Waals surface area contributed by atoms with Crippen LogP contribution in [-0.4, -0.2) is 36.8 Å². The molecule has 0 bridgehead atoms. The topological polar surface area (TPSA) is 124 Å². The highest BCUT2D eigenvalue weighted by Crippen LogP contribution is 2.31. The molecule has 0 saturated heterocycles. The lowest BCUT2D eigenvalue weighted by Gasteiger charge is -2.12. The van der Waals surface area contributed by atoms with E-state index in [0.717, 1.165) is 29.7 Å². The fourth-order valence-corrected chi connectivity index (χ4v) is 3.19. The van der Waals surface area contributed by atoms with Crippen LogP contribution < -0.4 is 11.1 Å². The predicted octanol–water partition coefficient (Wildman–Crippen LogP) is 2.48. The first-order valence-electron chi connectivity index (χ1n) is 9.40. The maximum Gasteiger partial charge on any atom is 0.273 e. The summed E-state index contributed by atoms with van der Waals surface area (Å²) in [6.45, 7) is 2.58. The maximum atomic E-state index is 12.7. The molecular formula is C20H19N7O2. The van der Waals surface area contributed by atoms with Crippen molar-refractivity contribution in [2.24, 2.45) is 5.92 Å². The SMILES string of the molecule is Cc1cnc2ccc(-c3nc(C(=O)NCC4CC4)c(N)nc3-c3ncco3)cn12. The second kappa shape index (κ2) is 6.69. The molecule has 0 spiro atoms. The molecule has 0 unspecified atom stereocenters. The van der Waals surface area contributed by atoms with E-state index >= 15 is 0 Å². The van der Waals surface area contributed by atoms with Crippen LogP contribution >= 0.6 is 0 Å². The lowest BCUT2D eigenvalue weighted by Crippen LogP contribution is -2.28. The summed E-state index contributed by atoms with van der Waals surface area (Å²) >= 11 is 0. The van der Waals surface area contributed by atoms with E-state index < -0.39 is 0 Å². The van der Waals surface area contributed by atoms with Crippen molar-refractivity contribution in [3.63, 3.8) is 0 Å². The highest BCUT2D eigenvalue weighted by atomic mass is 16.3. The first kappa shape index (κ1) is 17.4. The molecule has 0 atom stereocenters. The van der Waals surface area contributed by atoms with Crippen LogP contribution in [0, 0.1) is 12.8 Å². The number of rotatable bonds is 5. The van der Waals surface area contributed by atoms with Gasteiger partial charge in [-0.15, -0.1) is 0 Å². The number of pyridine rings is 1. The minimum absolute atomic E-state index is 0.0372. The van der Waals surface area contributed by atoms with Crippen molar-refractivity contribution in [1.82, 2.24) is 29.7 Å². The Kier molecular flexibility index (Phi) is 4.01. The standard InChI is InChI=1S/C20H19N7O2/c1-11-8-23-14-5-4-13(10-27(11)14)15-16(20-22-6-7-29-20)26-18(21)17(25-15)19(28)24-9-12-2-3-12/h4-8,10,12H,2-3,9H2,1H3,(H2,21,26)(H,24,28). The van der Waals surface area contributed by atoms with Crippen LogP contribution in [0.15, 0.2) is 41.4 Å². The Hall–Kier alpha value is -3.75. The quantitative estimate of drug-likeness (QED) is 0.537. The third-order valence-corrected chi connectivity index (χ3v) is 4.99. The van der Waals surface area contributed by atoms with Gasteiger partial charge in [-0.05, 0) is 37.8 Å². The van der Waals surface area contributed by atoms with Gasteiger partial charge < -0.3 is 19.9 Å². The lowest BCUT2D eigenvalue weighted by molar-refractivity contribution is 0.0947. The zero-order valence-electron chi connectivity index (χ0n) is 15.8. The molecule has 4 aromatic heterocycles. The van der Waals surface area contributed by atoms with Gasteiger partial charge in [0.25, 0.3) is 5.91 Å². The van der Waals surface area contributed by atoms with Crippen LogP contribution in [0.1, 0.15) is 29.0 Å². The minimum atomic E-state index is -0.331. The molecule has 3 N–H and O–H groups in total. The summed E-state index contributed by atoms with van der Waals surface area (Å²) in [6, 6.07) is 3.76. The van der Waals surface area contributed by atoms with Gasteiger partial charge in [-0.1, -0.05) is 0 Å². The number of fused-ring (bicyclic) bond motifs is 1. The van der Waals surface area contributed by atoms with Crippen LogP contribution in [0.4, 0.5) is 5.82 Å². The van der Waals surface area contributed by atoms with E-state index in [1.165, 1.54) is 12.5 Å². The Morgan fingerprint density at radius 1 is 1.28 bits per heavy atom. The van der Waals surface area contributed by atoms with E-state index in [1.807, 2.05) is 29.7 Å². The Morgan fingerprint density at radius 2 is 2.14 bits per heavy atom. The van der Waals surface area contributed by atoms with Crippen molar-refractivity contribution >= 4 is 17.4 Å². The van der Waals surface area contributed by atoms with E-state index in [-0.39, 0.29) is 23.3 Å². The summed E-state index contributed by atoms with van der Waals surface area (Å²) in [5.41, 5.74) is 9.55. The summed E-state index contributed by atoms with van der Waals surface area (Å²) < 4.78 is 7.38. The number of oxazole rings is 1. The highest BCUT2D eigenvalue weighted by molar-refractivity contribution is 5.97. The number of amides is 1. The van der Waals surface area contributed by atoms with Gasteiger partial charge in [0, 0.05) is 30.2 Å². The van der Waals surface area contributed by atoms with E-state index in [4.69, 9.17) is 10.2 Å². The van der Waals surface area contributed by atoms with Crippen molar-refractivity contribution in [3.05, 3.63) is 48.4 Å². The number of nitrogen functional groups attached to an aromatic ring is 1. The van der Waals surface area contributed by atoms with Gasteiger partial charge in [0.1, 0.15) is 17.6 Å². The number of nitrogens with two attached hydrogens (primary N) is 1. The van der Waals surface area contributed by atoms with Gasteiger partial charge in [0.05, 0.1) is 6.20 Å². The third-order valence-electron chi connectivity index (χ3n) is 4.99. The normalized spacial score (nSPS) is 13.7. The summed E-state index contributed by atoms with van der Waals surface area (Å²) in [6.07, 6.45) is 8.95. The second-order valence-corrected chi connectivity index (χ2v) is 7.19. The van der Waals surface area contributed by atoms with E-state index in [0.29, 0.717) is 23.9 Å². The smallest absolute Gasteiger partial charge is 0.273 e. The summed E-state index contributed by atoms with van der Waals surface area (Å²) in [4.78, 5) is 30.2. The van der Waals surface area contributed by atoms with Crippen LogP contribution in [0.3, 0.4) is 0 Å². The number of nitrogens with zero attached hydrogens (tertiary/aromatic N) is 5. The number of imidazole rings is 1. The second-order valence-electron chi connectivity index (χ2n) is 7.19. The molecule has 0 radical (unpaired) electrons. The molecule has 1 aliphatic rings. The van der Waals surface area contributed by atoms with E-state index in [1.54, 1.807) is 6.20 Å². The molecule has 1 amide bonds. The van der Waals surface area contributed by atoms with Gasteiger partial charge in [0.2, 0.25) is 5.89 Å². The molecule has 9 nitrogen and oxygen atoms in total. The lowest BCUT2D eigenvalue weighted by atomic mass is 10.1. The van der Waals surface area contributed by atoms with Crippen molar-refractivity contribution in [2.45, 2.75) is 19.8 Å². The molecule has 4 aromatic rings. The van der Waals surface area contributed by atoms with Crippen molar-refractivity contribution in [1.29, 1.82) is 0 Å². The first-order chi connectivity index (χ1) is 14.1. The zero-order chi connectivity index (χ0) is 20.0. The van der Waals surface area contributed by atoms with Gasteiger partial charge >= 0.3 is 0 Å². The molecule has 5 rings (SSSR count). The number of carbonyl (C=O) groups is 1. The number of aryl methyl sites for hydroxylation is 1. The average Bonchev–Trinajstić information content (AvgIpc) is 3.25. The number of hydrogen-bond donors (Lipinski definition) is 2. The number of anilines is 1. The Bertz CT molecular complexity index is 1210. The van der Waals surface area contributed by atoms with Gasteiger partial charge in [-0.2, -0.15) is 0 Å². The van der Waals surface area contributed by atoms with E-state index in [9.17, 15) is 4.79 Å². The summed E-state index contributed by atoms with van der Waals surface area (Å²) in [7, 11) is 0. The monoisotopic (exact) mass is 389 g/mol. The number of hydrogen-bond acceptors (Lipinski definition) is 7. The number of nitrogens with one attached hydrogen (secondary N) is 1. The molecule has 1 fully saturated rings. The van der Waals surface area contributed by atoms with Crippen molar-refractivity contribution < 1.29 is 9.21 Å². The minimum Gasteiger partial charge on any atom is -0.443 e. The molecule has 0 aliphatic heterocycles. The maximum absolute atomic E-state index is 12.7. The molecular weight excluding hydrogens is 370 g/mol.